The summed E-state index contributed by atoms with van der Waals surface area (Å²) >= 11 is 0. The molecule has 24 heavy (non-hydrogen) atoms. The number of aromatic amines is 1. The average Bonchev–Trinajstić information content (AvgIpc) is 3.21. The summed E-state index contributed by atoms with van der Waals surface area (Å²) in [5.74, 6) is -0.160. The summed E-state index contributed by atoms with van der Waals surface area (Å²) in [7, 11) is 1.60. The molecule has 1 aromatic carbocycles. The van der Waals surface area contributed by atoms with Crippen LogP contribution < -0.4 is 14.9 Å². The highest BCUT2D eigenvalue weighted by Crippen LogP contribution is 2.39. The molecule has 3 heterocycles. The number of Topliss-reactive ketones (excluding diaryl/α,β-unsaturated/α-hetero) is 1. The Morgan fingerprint density at radius 3 is 2.83 bits per heavy atom. The first kappa shape index (κ1) is 13.5. The van der Waals surface area contributed by atoms with Crippen LogP contribution in [0.25, 0.3) is 21.9 Å². The maximum absolute atomic E-state index is 12.7. The molecule has 120 valence electrons. The number of nitrogens with one attached hydrogen (secondary N) is 2. The number of rotatable bonds is 1. The Morgan fingerprint density at radius 2 is 2.00 bits per heavy atom. The van der Waals surface area contributed by atoms with E-state index in [0.717, 1.165) is 52.3 Å². The number of hydrogen-bond acceptors (Lipinski definition) is 3. The standard InChI is InChI=1S/C18H15N3O3/c1-24-21-7-3-6-11-13-15-12(22)8-19-18(23)14(15)9-4-2-5-10(9)16(13)20-17(11)21/h3,6-7H,2,4-5,8H2,1H3,(H,19,23)/p+1. The minimum Gasteiger partial charge on any atom is -0.345 e. The van der Waals surface area contributed by atoms with Crippen molar-refractivity contribution >= 4 is 33.6 Å². The van der Waals surface area contributed by atoms with Gasteiger partial charge >= 0.3 is 5.65 Å². The maximum Gasteiger partial charge on any atom is 0.327 e. The van der Waals surface area contributed by atoms with Crippen molar-refractivity contribution < 1.29 is 19.2 Å². The van der Waals surface area contributed by atoms with E-state index in [4.69, 9.17) is 4.84 Å². The molecule has 2 aromatic heterocycles. The molecule has 0 fully saturated rings. The largest absolute Gasteiger partial charge is 0.345 e. The number of benzene rings is 1. The normalized spacial score (nSPS) is 16.4. The van der Waals surface area contributed by atoms with Crippen molar-refractivity contribution in [2.24, 2.45) is 0 Å². The van der Waals surface area contributed by atoms with Crippen molar-refractivity contribution in [3.63, 3.8) is 0 Å². The van der Waals surface area contributed by atoms with Crippen molar-refractivity contribution in [3.8, 4) is 0 Å². The van der Waals surface area contributed by atoms with Gasteiger partial charge in [-0.05, 0) is 41.7 Å². The zero-order valence-corrected chi connectivity index (χ0v) is 13.2. The lowest BCUT2D eigenvalue weighted by Crippen LogP contribution is -2.40. The highest BCUT2D eigenvalue weighted by Gasteiger charge is 2.36. The molecule has 6 nitrogen and oxygen atoms in total. The van der Waals surface area contributed by atoms with Crippen molar-refractivity contribution in [1.29, 1.82) is 0 Å². The first-order chi connectivity index (χ1) is 11.7. The van der Waals surface area contributed by atoms with Crippen LogP contribution in [0.1, 0.15) is 38.3 Å². The zero-order chi connectivity index (χ0) is 16.4. The fourth-order valence-electron chi connectivity index (χ4n) is 4.21. The van der Waals surface area contributed by atoms with Crippen LogP contribution >= 0.6 is 0 Å². The molecule has 0 saturated heterocycles. The number of hydrogen-bond donors (Lipinski definition) is 2. The third kappa shape index (κ3) is 1.52. The van der Waals surface area contributed by atoms with Crippen molar-refractivity contribution in [1.82, 2.24) is 10.3 Å². The van der Waals surface area contributed by atoms with Gasteiger partial charge in [-0.25, -0.2) is 4.98 Å². The van der Waals surface area contributed by atoms with Gasteiger partial charge in [-0.2, -0.15) is 0 Å². The lowest BCUT2D eigenvalue weighted by atomic mass is 9.88. The monoisotopic (exact) mass is 322 g/mol. The number of aromatic nitrogens is 2. The topological polar surface area (TPSA) is 75.1 Å². The summed E-state index contributed by atoms with van der Waals surface area (Å²) in [6, 6.07) is 3.84. The van der Waals surface area contributed by atoms with E-state index in [1.165, 1.54) is 0 Å². The first-order valence-electron chi connectivity index (χ1n) is 8.10. The van der Waals surface area contributed by atoms with Gasteiger partial charge in [0.25, 0.3) is 5.91 Å². The molecule has 0 spiro atoms. The molecule has 5 rings (SSSR count). The Morgan fingerprint density at radius 1 is 1.17 bits per heavy atom. The van der Waals surface area contributed by atoms with E-state index in [1.54, 1.807) is 11.8 Å². The van der Waals surface area contributed by atoms with E-state index in [-0.39, 0.29) is 18.2 Å². The quantitative estimate of drug-likeness (QED) is 0.658. The van der Waals surface area contributed by atoms with Crippen molar-refractivity contribution in [3.05, 3.63) is 40.6 Å². The molecule has 1 amide bonds. The summed E-state index contributed by atoms with van der Waals surface area (Å²) in [6.45, 7) is 0.0590. The number of pyridine rings is 1. The molecule has 6 heteroatoms. The minimum atomic E-state index is -0.130. The van der Waals surface area contributed by atoms with Crippen molar-refractivity contribution in [2.45, 2.75) is 19.3 Å². The Labute approximate surface area is 137 Å². The third-order valence-corrected chi connectivity index (χ3v) is 5.16. The number of H-pyrrole nitrogens is 1. The van der Waals surface area contributed by atoms with Crippen LogP contribution in [0, 0.1) is 0 Å². The first-order valence-corrected chi connectivity index (χ1v) is 8.10. The fraction of sp³-hybridized carbons (Fsp3) is 0.278. The van der Waals surface area contributed by atoms with Crippen LogP contribution in [0.5, 0.6) is 0 Å². The highest BCUT2D eigenvalue weighted by molar-refractivity contribution is 6.26. The molecule has 2 N–H and O–H groups in total. The van der Waals surface area contributed by atoms with Gasteiger partial charge in [0.2, 0.25) is 0 Å². The van der Waals surface area contributed by atoms with E-state index >= 15 is 0 Å². The van der Waals surface area contributed by atoms with Crippen LogP contribution in [0.3, 0.4) is 0 Å². The minimum absolute atomic E-state index is 0.0296. The van der Waals surface area contributed by atoms with Gasteiger partial charge in [-0.15, -0.1) is 0 Å². The van der Waals surface area contributed by atoms with E-state index < -0.39 is 0 Å². The van der Waals surface area contributed by atoms with Crippen LogP contribution in [-0.4, -0.2) is 30.3 Å². The second kappa shape index (κ2) is 4.56. The summed E-state index contributed by atoms with van der Waals surface area (Å²) < 4.78 is 1.65. The average molecular weight is 322 g/mol. The number of carbonyl (C=O) groups excluding carboxylic acids is 2. The lowest BCUT2D eigenvalue weighted by molar-refractivity contribution is -0.866. The molecule has 0 atom stereocenters. The molecule has 3 aromatic rings. The van der Waals surface area contributed by atoms with Crippen LogP contribution in [-0.2, 0) is 12.8 Å². The van der Waals surface area contributed by atoms with Crippen LogP contribution in [0.4, 0.5) is 0 Å². The summed E-state index contributed by atoms with van der Waals surface area (Å²) in [5.41, 5.74) is 5.10. The molecule has 0 unspecified atom stereocenters. The van der Waals surface area contributed by atoms with Gasteiger partial charge in [-0.3, -0.25) is 9.59 Å². The van der Waals surface area contributed by atoms with E-state index in [2.05, 4.69) is 10.3 Å². The molecule has 2 aliphatic rings. The molecule has 0 saturated carbocycles. The maximum atomic E-state index is 12.7. The van der Waals surface area contributed by atoms with Crippen LogP contribution in [0.2, 0.25) is 0 Å². The number of fused-ring (bicyclic) bond motifs is 8. The SMILES string of the molecule is CO[n+]1cccc2c3c4c(c5c(c3[nH]c21)CCC5)C(=O)NCC4=O. The Balaban J connectivity index is 2.06. The Kier molecular flexibility index (Phi) is 2.58. The third-order valence-electron chi connectivity index (χ3n) is 5.16. The molecular formula is C18H16N3O3+. The van der Waals surface area contributed by atoms with Gasteiger partial charge < -0.3 is 10.2 Å². The lowest BCUT2D eigenvalue weighted by Gasteiger charge is -2.19. The van der Waals surface area contributed by atoms with Gasteiger partial charge in [0.05, 0.1) is 17.5 Å². The second-order valence-electron chi connectivity index (χ2n) is 6.32. The van der Waals surface area contributed by atoms with Gasteiger partial charge in [0, 0.05) is 16.5 Å². The molecule has 1 aliphatic heterocycles. The number of amides is 1. The van der Waals surface area contributed by atoms with Crippen molar-refractivity contribution in [2.75, 3.05) is 13.7 Å². The van der Waals surface area contributed by atoms with E-state index in [1.807, 2.05) is 18.3 Å². The van der Waals surface area contributed by atoms with Crippen LogP contribution in [0.15, 0.2) is 18.3 Å². The summed E-state index contributed by atoms with van der Waals surface area (Å²) in [5, 5.41) is 4.48. The zero-order valence-electron chi connectivity index (χ0n) is 13.2. The number of aryl methyl sites for hydroxylation is 1. The molecule has 0 bridgehead atoms. The molecular weight excluding hydrogens is 306 g/mol. The van der Waals surface area contributed by atoms with E-state index in [9.17, 15) is 9.59 Å². The number of nitrogens with zero attached hydrogens (tertiary/aromatic N) is 1. The van der Waals surface area contributed by atoms with Gasteiger partial charge in [0.1, 0.15) is 18.8 Å². The molecule has 0 radical (unpaired) electrons. The smallest absolute Gasteiger partial charge is 0.327 e. The Bertz CT molecular complexity index is 1060. The Hall–Kier alpha value is -2.89. The molecule has 1 aliphatic carbocycles. The second-order valence-corrected chi connectivity index (χ2v) is 6.32. The summed E-state index contributed by atoms with van der Waals surface area (Å²) in [6.07, 6.45) is 4.58. The van der Waals surface area contributed by atoms with Gasteiger partial charge in [0.15, 0.2) is 5.78 Å². The fourth-order valence-corrected chi connectivity index (χ4v) is 4.21. The predicted molar refractivity (Wildman–Crippen MR) is 87.2 cm³/mol. The predicted octanol–water partition coefficient (Wildman–Crippen LogP) is 1.08. The number of carbonyl (C=O) groups is 2. The van der Waals surface area contributed by atoms with E-state index in [0.29, 0.717) is 11.1 Å². The highest BCUT2D eigenvalue weighted by atomic mass is 16.6. The number of ketones is 1. The van der Waals surface area contributed by atoms with Gasteiger partial charge in [-0.1, -0.05) is 0 Å². The summed E-state index contributed by atoms with van der Waals surface area (Å²) in [4.78, 5) is 34.0.